The molecule has 3 amide bonds. The van der Waals surface area contributed by atoms with Crippen molar-refractivity contribution in [2.45, 2.75) is 19.8 Å². The van der Waals surface area contributed by atoms with E-state index in [0.29, 0.717) is 16.4 Å². The number of anilines is 2. The minimum atomic E-state index is -0.542. The molecule has 0 atom stereocenters. The Morgan fingerprint density at radius 1 is 1.06 bits per heavy atom. The summed E-state index contributed by atoms with van der Waals surface area (Å²) >= 11 is 7.17. The van der Waals surface area contributed by atoms with Crippen molar-refractivity contribution >= 4 is 58.0 Å². The summed E-state index contributed by atoms with van der Waals surface area (Å²) in [5.41, 5.74) is 1.73. The van der Waals surface area contributed by atoms with Crippen LogP contribution in [0.2, 0.25) is 5.02 Å². The van der Waals surface area contributed by atoms with E-state index < -0.39 is 11.9 Å². The van der Waals surface area contributed by atoms with Gasteiger partial charge in [-0.3, -0.25) is 19.3 Å². The number of nitrogens with one attached hydrogen (secondary N) is 1. The predicted octanol–water partition coefficient (Wildman–Crippen LogP) is 5.15. The van der Waals surface area contributed by atoms with Crippen LogP contribution in [0.5, 0.6) is 0 Å². The van der Waals surface area contributed by atoms with Crippen LogP contribution in [-0.2, 0) is 14.3 Å². The van der Waals surface area contributed by atoms with Crippen LogP contribution in [0.1, 0.15) is 39.8 Å². The number of hydrogen-bond acceptors (Lipinski definition) is 6. The molecule has 0 aliphatic carbocycles. The van der Waals surface area contributed by atoms with Gasteiger partial charge in [0.05, 0.1) is 18.0 Å². The molecule has 1 aliphatic heterocycles. The van der Waals surface area contributed by atoms with E-state index in [-0.39, 0.29) is 41.7 Å². The summed E-state index contributed by atoms with van der Waals surface area (Å²) < 4.78 is 5.15. The van der Waals surface area contributed by atoms with Crippen LogP contribution in [0, 0.1) is 0 Å². The van der Waals surface area contributed by atoms with Gasteiger partial charge in [-0.05, 0) is 48.9 Å². The number of amides is 3. The van der Waals surface area contributed by atoms with E-state index in [4.69, 9.17) is 16.3 Å². The van der Waals surface area contributed by atoms with Crippen molar-refractivity contribution < 1.29 is 23.9 Å². The third-order valence-electron chi connectivity index (χ3n) is 4.99. The largest absolute Gasteiger partial charge is 0.462 e. The Bertz CT molecular complexity index is 1240. The average Bonchev–Trinajstić information content (AvgIpc) is 3.37. The molecule has 0 radical (unpaired) electrons. The Kier molecular flexibility index (Phi) is 6.57. The van der Waals surface area contributed by atoms with Gasteiger partial charge in [-0.15, -0.1) is 11.3 Å². The van der Waals surface area contributed by atoms with E-state index in [1.807, 2.05) is 12.1 Å². The number of imide groups is 1. The highest BCUT2D eigenvalue weighted by Crippen LogP contribution is 2.36. The Labute approximate surface area is 198 Å². The first kappa shape index (κ1) is 22.7. The van der Waals surface area contributed by atoms with E-state index in [1.54, 1.807) is 43.3 Å². The highest BCUT2D eigenvalue weighted by Gasteiger charge is 2.30. The van der Waals surface area contributed by atoms with Crippen LogP contribution in [0.3, 0.4) is 0 Å². The Hall–Kier alpha value is -3.49. The standard InChI is InChI=1S/C24H19ClN2O5S/c1-2-32-24(31)22-18(13-19(33-22)14-6-8-16(25)9-7-14)26-23(30)15-4-3-5-17(12-15)27-20(28)10-11-21(27)29/h3-9,12-13H,2,10-11H2,1H3,(H,26,30). The monoisotopic (exact) mass is 482 g/mol. The normalized spacial score (nSPS) is 13.3. The van der Waals surface area contributed by atoms with E-state index >= 15 is 0 Å². The lowest BCUT2D eigenvalue weighted by Gasteiger charge is -2.14. The minimum Gasteiger partial charge on any atom is -0.462 e. The fourth-order valence-electron chi connectivity index (χ4n) is 3.43. The molecular formula is C24H19ClN2O5S. The quantitative estimate of drug-likeness (QED) is 0.387. The topological polar surface area (TPSA) is 92.8 Å². The zero-order chi connectivity index (χ0) is 23.5. The van der Waals surface area contributed by atoms with Crippen LogP contribution in [-0.4, -0.2) is 30.3 Å². The number of thiophene rings is 1. The molecular weight excluding hydrogens is 464 g/mol. The second-order valence-electron chi connectivity index (χ2n) is 7.21. The number of rotatable bonds is 6. The Morgan fingerprint density at radius 3 is 2.42 bits per heavy atom. The predicted molar refractivity (Wildman–Crippen MR) is 127 cm³/mol. The number of halogens is 1. The second-order valence-corrected chi connectivity index (χ2v) is 8.70. The lowest BCUT2D eigenvalue weighted by molar-refractivity contribution is -0.121. The van der Waals surface area contributed by atoms with Gasteiger partial charge in [-0.25, -0.2) is 4.79 Å². The van der Waals surface area contributed by atoms with E-state index in [0.717, 1.165) is 15.3 Å². The maximum atomic E-state index is 13.0. The lowest BCUT2D eigenvalue weighted by atomic mass is 10.1. The smallest absolute Gasteiger partial charge is 0.350 e. The van der Waals surface area contributed by atoms with Crippen molar-refractivity contribution in [3.05, 3.63) is 70.1 Å². The average molecular weight is 483 g/mol. The van der Waals surface area contributed by atoms with Gasteiger partial charge in [0.15, 0.2) is 0 Å². The molecule has 168 valence electrons. The van der Waals surface area contributed by atoms with Crippen molar-refractivity contribution in [2.24, 2.45) is 0 Å². The third-order valence-corrected chi connectivity index (χ3v) is 6.40. The molecule has 1 N–H and O–H groups in total. The summed E-state index contributed by atoms with van der Waals surface area (Å²) in [4.78, 5) is 51.7. The molecule has 2 heterocycles. The summed E-state index contributed by atoms with van der Waals surface area (Å²) in [6, 6.07) is 15.1. The van der Waals surface area contributed by atoms with Gasteiger partial charge in [0.25, 0.3) is 5.91 Å². The molecule has 2 aromatic carbocycles. The first-order valence-electron chi connectivity index (χ1n) is 10.2. The Balaban J connectivity index is 1.64. The zero-order valence-corrected chi connectivity index (χ0v) is 19.2. The molecule has 1 aliphatic rings. The maximum Gasteiger partial charge on any atom is 0.350 e. The van der Waals surface area contributed by atoms with Crippen molar-refractivity contribution in [1.29, 1.82) is 0 Å². The molecule has 0 unspecified atom stereocenters. The first-order chi connectivity index (χ1) is 15.9. The summed E-state index contributed by atoms with van der Waals surface area (Å²) in [7, 11) is 0. The van der Waals surface area contributed by atoms with Crippen molar-refractivity contribution in [3.8, 4) is 10.4 Å². The van der Waals surface area contributed by atoms with Crippen molar-refractivity contribution in [2.75, 3.05) is 16.8 Å². The Morgan fingerprint density at radius 2 is 1.76 bits per heavy atom. The van der Waals surface area contributed by atoms with Gasteiger partial charge in [-0.1, -0.05) is 29.8 Å². The van der Waals surface area contributed by atoms with Crippen LogP contribution in [0.15, 0.2) is 54.6 Å². The minimum absolute atomic E-state index is 0.153. The molecule has 7 nitrogen and oxygen atoms in total. The summed E-state index contributed by atoms with van der Waals surface area (Å²) in [5, 5.41) is 3.35. The number of hydrogen-bond donors (Lipinski definition) is 1. The highest BCUT2D eigenvalue weighted by molar-refractivity contribution is 7.18. The number of ether oxygens (including phenoxy) is 1. The van der Waals surface area contributed by atoms with Crippen LogP contribution in [0.25, 0.3) is 10.4 Å². The number of carbonyl (C=O) groups is 4. The lowest BCUT2D eigenvalue weighted by Crippen LogP contribution is -2.28. The number of benzene rings is 2. The van der Waals surface area contributed by atoms with Gasteiger partial charge < -0.3 is 10.1 Å². The fourth-order valence-corrected chi connectivity index (χ4v) is 4.57. The van der Waals surface area contributed by atoms with E-state index in [1.165, 1.54) is 17.4 Å². The molecule has 0 spiro atoms. The SMILES string of the molecule is CCOC(=O)c1sc(-c2ccc(Cl)cc2)cc1NC(=O)c1cccc(N2C(=O)CCC2=O)c1. The van der Waals surface area contributed by atoms with Crippen molar-refractivity contribution in [3.63, 3.8) is 0 Å². The summed E-state index contributed by atoms with van der Waals surface area (Å²) in [5.74, 6) is -1.62. The molecule has 1 fully saturated rings. The number of esters is 1. The second kappa shape index (κ2) is 9.56. The highest BCUT2D eigenvalue weighted by atomic mass is 35.5. The van der Waals surface area contributed by atoms with E-state index in [2.05, 4.69) is 5.32 Å². The maximum absolute atomic E-state index is 13.0. The molecule has 1 saturated heterocycles. The number of nitrogens with zero attached hydrogens (tertiary/aromatic N) is 1. The van der Waals surface area contributed by atoms with Gasteiger partial charge in [0.2, 0.25) is 11.8 Å². The summed E-state index contributed by atoms with van der Waals surface area (Å²) in [6.45, 7) is 1.90. The van der Waals surface area contributed by atoms with Gasteiger partial charge >= 0.3 is 5.97 Å². The van der Waals surface area contributed by atoms with Crippen LogP contribution >= 0.6 is 22.9 Å². The molecule has 3 aromatic rings. The molecule has 4 rings (SSSR count). The van der Waals surface area contributed by atoms with Crippen LogP contribution < -0.4 is 10.2 Å². The summed E-state index contributed by atoms with van der Waals surface area (Å²) in [6.07, 6.45) is 0.307. The van der Waals surface area contributed by atoms with Gasteiger partial charge in [0.1, 0.15) is 4.88 Å². The third kappa shape index (κ3) is 4.81. The molecule has 1 aromatic heterocycles. The molecule has 33 heavy (non-hydrogen) atoms. The molecule has 9 heteroatoms. The van der Waals surface area contributed by atoms with Crippen LogP contribution in [0.4, 0.5) is 11.4 Å². The fraction of sp³-hybridized carbons (Fsp3) is 0.167. The van der Waals surface area contributed by atoms with Gasteiger partial charge in [-0.2, -0.15) is 0 Å². The van der Waals surface area contributed by atoms with Gasteiger partial charge in [0, 0.05) is 28.3 Å². The molecule has 0 saturated carbocycles. The number of carbonyl (C=O) groups excluding carboxylic acids is 4. The van der Waals surface area contributed by atoms with Crippen molar-refractivity contribution in [1.82, 2.24) is 0 Å². The van der Waals surface area contributed by atoms with E-state index in [9.17, 15) is 19.2 Å². The first-order valence-corrected chi connectivity index (χ1v) is 11.4. The zero-order valence-electron chi connectivity index (χ0n) is 17.6. The molecule has 0 bridgehead atoms.